The number of aliphatic hydroxyl groups excluding tert-OH is 8. The molecule has 636 valence electrons. The Hall–Kier alpha value is -6.51. The van der Waals surface area contributed by atoms with Gasteiger partial charge in [0.1, 0.15) is 66.5 Å². The molecule has 4 saturated heterocycles. The molecule has 0 spiro atoms. The normalized spacial score (nSPS) is 25.6. The Morgan fingerprint density at radius 2 is 0.774 bits per heavy atom. The third-order valence-corrected chi connectivity index (χ3v) is 26.9. The van der Waals surface area contributed by atoms with Crippen LogP contribution in [-0.4, -0.2) is 328 Å². The van der Waals surface area contributed by atoms with Crippen molar-refractivity contribution in [2.24, 2.45) is 0 Å². The molecule has 12 rings (SSSR count). The Kier molecular flexibility index (Phi) is 32.2. The van der Waals surface area contributed by atoms with E-state index in [0.29, 0.717) is 118 Å². The van der Waals surface area contributed by atoms with Crippen LogP contribution in [0.15, 0.2) is 71.7 Å². The molecule has 0 amide bonds. The van der Waals surface area contributed by atoms with E-state index in [2.05, 4.69) is 214 Å². The first-order chi connectivity index (χ1) is 54.2. The lowest BCUT2D eigenvalue weighted by Crippen LogP contribution is -2.31. The summed E-state index contributed by atoms with van der Waals surface area (Å²) in [5.41, 5.74) is 14.0. The highest BCUT2D eigenvalue weighted by atomic mass is 32.2. The van der Waals surface area contributed by atoms with E-state index in [-0.39, 0.29) is 11.8 Å². The number of aliphatic hydroxyl groups is 8. The summed E-state index contributed by atoms with van der Waals surface area (Å²) in [4.78, 5) is 52.6. The first kappa shape index (κ1) is 92.4. The molecule has 0 aliphatic carbocycles. The average Bonchev–Trinajstić information content (AvgIpc) is 1.64. The predicted octanol–water partition coefficient (Wildman–Crippen LogP) is 8.10. The molecule has 8 aromatic heterocycles. The lowest BCUT2D eigenvalue weighted by molar-refractivity contribution is -0.0353. The highest BCUT2D eigenvalue weighted by Crippen LogP contribution is 2.45. The summed E-state index contributed by atoms with van der Waals surface area (Å²) in [7, 11) is 1.50. The van der Waals surface area contributed by atoms with E-state index in [1.807, 2.05) is 6.26 Å². The van der Waals surface area contributed by atoms with Gasteiger partial charge in [-0.1, -0.05) is 67.5 Å². The van der Waals surface area contributed by atoms with Crippen molar-refractivity contribution in [2.45, 2.75) is 197 Å². The van der Waals surface area contributed by atoms with E-state index in [1.54, 1.807) is 44.2 Å². The summed E-state index contributed by atoms with van der Waals surface area (Å²) in [6, 6.07) is 0.182. The molecule has 0 aromatic carbocycles. The van der Waals surface area contributed by atoms with Crippen molar-refractivity contribution in [1.82, 2.24) is 78.1 Å². The minimum Gasteiger partial charge on any atom is -0.467 e. The molecule has 4 fully saturated rings. The van der Waals surface area contributed by atoms with Gasteiger partial charge in [-0.25, -0.2) is 49.8 Å². The monoisotopic (exact) mass is 1690 g/mol. The zero-order valence-electron chi connectivity index (χ0n) is 69.6. The summed E-state index contributed by atoms with van der Waals surface area (Å²) in [6.45, 7) is 28.4. The molecule has 0 unspecified atom stereocenters. The maximum Gasteiger partial charge on any atom is 0.320 e. The second-order valence-corrected chi connectivity index (χ2v) is 50.7. The standard InChI is InChI=1S/C21H34N5O4P.C21H34N5O3PS.C20H32N5O3P.C15H24N5O3P/c1-7-13(2)8-10-22-18-15-19(25-21(24-18)29-3)26(12-23-15)20-17(28)16(27)14(30-20)9-11-31(4,5)6;1-7-13(2)8-10-22-18-15-19(25-21(24-18)31-6)26(12-23-15)20-17(28)16(27)14(29-20)9-11-30(3,4)5;1-6-13(2)7-9-21-18-15-19(23-11-22-18)25(12-24-15)20-17(27)16(26)14(28-20)8-10-29(3,4)5;1-8-18-13(16)10-14(19-8)20(7-17-10)15-12(22)11(21)9(23-15)5-6-24(2,3)4/h8,12,14,16-17,20,27-28H,4,7,9-11H2,1-3,5-6H3,(H,22,24,25);8,12,14,16-17,20,27-28H,3,7,9-11H2,1-2,4-6H3,(H,22,24,25);7,11-12,14,16-17,20,26-27H,3,6,8-10H2,1-2,4-5H3,(H,21,22,23);7,9,11-12,15,21-22H,2,5-6H2,1,3-4H3,(H2,16,18,19)/b2*13-8-;13-7-;/t3*14-,16-,17-,20-;9-,11-,12-,15-/m1111/s1. The van der Waals surface area contributed by atoms with Crippen molar-refractivity contribution in [2.75, 3.05) is 133 Å². The fourth-order valence-electron chi connectivity index (χ4n) is 13.1. The molecule has 4 aliphatic rings. The van der Waals surface area contributed by atoms with Crippen LogP contribution in [0.3, 0.4) is 0 Å². The Morgan fingerprint density at radius 1 is 0.452 bits per heavy atom. The number of nitrogens with two attached hydrogens (primary N) is 1. The Bertz CT molecular complexity index is 4740. The average molecular weight is 1690 g/mol. The van der Waals surface area contributed by atoms with Crippen molar-refractivity contribution in [3.05, 3.63) is 72.4 Å². The van der Waals surface area contributed by atoms with E-state index in [0.717, 1.165) is 43.9 Å². The van der Waals surface area contributed by atoms with Crippen LogP contribution in [0.4, 0.5) is 23.3 Å². The van der Waals surface area contributed by atoms with Gasteiger partial charge in [-0.3, -0.25) is 18.3 Å². The van der Waals surface area contributed by atoms with Crippen LogP contribution in [0.1, 0.15) is 117 Å². The van der Waals surface area contributed by atoms with Crippen LogP contribution < -0.4 is 26.4 Å². The summed E-state index contributed by atoms with van der Waals surface area (Å²) >= 11 is 1.43. The van der Waals surface area contributed by atoms with E-state index >= 15 is 0 Å². The number of ether oxygens (including phenoxy) is 5. The Balaban J connectivity index is 0.000000176. The van der Waals surface area contributed by atoms with Crippen molar-refractivity contribution >= 4 is 132 Å². The topological polar surface area (TPSA) is 444 Å². The molecule has 0 bridgehead atoms. The summed E-state index contributed by atoms with van der Waals surface area (Å²) in [5.74, 6) is 2.59. The van der Waals surface area contributed by atoms with Crippen molar-refractivity contribution in [3.63, 3.8) is 0 Å². The highest BCUT2D eigenvalue weighted by molar-refractivity contribution is 7.98. The van der Waals surface area contributed by atoms with E-state index in [4.69, 9.17) is 29.4 Å². The molecule has 33 nitrogen and oxygen atoms in total. The first-order valence-corrected chi connectivity index (χ1v) is 52.3. The smallest absolute Gasteiger partial charge is 0.320 e. The number of anilines is 4. The lowest BCUT2D eigenvalue weighted by Gasteiger charge is -2.18. The number of thioether (sulfide) groups is 1. The first-order valence-electron chi connectivity index (χ1n) is 38.8. The second-order valence-electron chi connectivity index (χ2n) is 32.6. The van der Waals surface area contributed by atoms with Crippen molar-refractivity contribution in [1.29, 1.82) is 0 Å². The number of imidazole rings is 4. The van der Waals surface area contributed by atoms with Crippen LogP contribution in [0.25, 0.3) is 44.7 Å². The fourth-order valence-corrected chi connectivity index (χ4v) is 17.3. The van der Waals surface area contributed by atoms with Gasteiger partial charge < -0.3 is 86.2 Å². The summed E-state index contributed by atoms with van der Waals surface area (Å²) in [5, 5.41) is 94.8. The van der Waals surface area contributed by atoms with Gasteiger partial charge in [0.25, 0.3) is 0 Å². The van der Waals surface area contributed by atoms with Gasteiger partial charge >= 0.3 is 6.01 Å². The van der Waals surface area contributed by atoms with Crippen molar-refractivity contribution < 1.29 is 64.5 Å². The van der Waals surface area contributed by atoms with Gasteiger partial charge in [-0.15, -0.1) is 52.7 Å². The van der Waals surface area contributed by atoms with Gasteiger partial charge in [0, 0.05) is 19.6 Å². The number of aryl methyl sites for hydroxylation is 1. The number of nitrogens with zero attached hydrogens (tertiary/aromatic N) is 16. The number of allylic oxidation sites excluding steroid dienone is 3. The van der Waals surface area contributed by atoms with Crippen LogP contribution >= 0.6 is 39.3 Å². The summed E-state index contributed by atoms with van der Waals surface area (Å²) in [6.07, 6.45) is 28.9. The highest BCUT2D eigenvalue weighted by Gasteiger charge is 2.48. The number of fused-ring (bicyclic) bond motifs is 4. The number of hydrogen-bond acceptors (Lipinski definition) is 30. The molecule has 16 atom stereocenters. The van der Waals surface area contributed by atoms with Gasteiger partial charge in [-0.2, -0.15) is 9.97 Å². The van der Waals surface area contributed by atoms with E-state index in [9.17, 15) is 40.9 Å². The SMILES string of the molecule is C=P(C)(C)CC[C@H]1O[C@@H](n2cnc3c(N)nc(C)nc32)[C@H](O)[C@@H]1O.C=P(C)(C)CC[C@H]1O[C@@H](n2cnc3c(NC/C=C(/C)CC)nc(OC)nc32)[C@H](O)[C@@H]1O.C=P(C)(C)CC[C@H]1O[C@@H](n2cnc3c(NC/C=C(/C)CC)nc(SC)nc32)[C@H](O)[C@@H]1O.C=P(C)(C)CC[C@H]1O[C@@H](n2cnc3c(NC/C=C(/C)CC)ncnc32)[C@H](O)[C@@H]1O. The maximum absolute atomic E-state index is 10.7. The fraction of sp³-hybridized carbons (Fsp3) is 0.610. The number of methoxy groups -OCH3 is 1. The minimum absolute atomic E-state index is 0.182. The molecule has 12 heterocycles. The Morgan fingerprint density at radius 3 is 1.12 bits per heavy atom. The van der Waals surface area contributed by atoms with Crippen LogP contribution in [0, 0.1) is 6.92 Å². The quantitative estimate of drug-likeness (QED) is 0.00875. The third-order valence-electron chi connectivity index (χ3n) is 20.4. The molecular formula is C77H124N20O13P4S. The molecular weight excluding hydrogens is 1570 g/mol. The number of nitrogen functional groups attached to an aromatic ring is 1. The predicted molar refractivity (Wildman–Crippen MR) is 472 cm³/mol. The maximum atomic E-state index is 10.7. The number of hydrogen-bond donors (Lipinski definition) is 12. The van der Waals surface area contributed by atoms with E-state index in [1.165, 1.54) is 48.2 Å². The molecule has 115 heavy (non-hydrogen) atoms. The Labute approximate surface area is 679 Å². The molecule has 13 N–H and O–H groups in total. The molecule has 38 heteroatoms. The van der Waals surface area contributed by atoms with Crippen LogP contribution in [0.2, 0.25) is 0 Å². The number of rotatable bonds is 30. The zero-order chi connectivity index (χ0) is 84.3. The third kappa shape index (κ3) is 23.9. The molecule has 0 radical (unpaired) electrons. The zero-order valence-corrected chi connectivity index (χ0v) is 74.0. The number of aromatic nitrogens is 16. The van der Waals surface area contributed by atoms with Gasteiger partial charge in [0.2, 0.25) is 0 Å². The second kappa shape index (κ2) is 40.0. The molecule has 0 saturated carbocycles. The lowest BCUT2D eigenvalue weighted by atomic mass is 10.1. The van der Waals surface area contributed by atoms with Crippen molar-refractivity contribution in [3.8, 4) is 6.01 Å². The minimum atomic E-state index is -1.26. The van der Waals surface area contributed by atoms with Gasteiger partial charge in [0.15, 0.2) is 92.5 Å². The number of nitrogens with one attached hydrogen (secondary N) is 3. The van der Waals surface area contributed by atoms with Gasteiger partial charge in [0.05, 0.1) is 56.8 Å². The summed E-state index contributed by atoms with van der Waals surface area (Å²) < 4.78 is 36.0. The largest absolute Gasteiger partial charge is 0.467 e. The van der Waals surface area contributed by atoms with Crippen LogP contribution in [0.5, 0.6) is 6.01 Å². The van der Waals surface area contributed by atoms with Gasteiger partial charge in [-0.05, 0) is 157 Å². The molecule has 4 aliphatic heterocycles. The van der Waals surface area contributed by atoms with Crippen LogP contribution in [-0.2, 0) is 18.9 Å². The molecule has 8 aromatic rings. The van der Waals surface area contributed by atoms with E-state index < -0.39 is 126 Å².